The molecule has 0 radical (unpaired) electrons. The van der Waals surface area contributed by atoms with Crippen LogP contribution in [-0.2, 0) is 16.6 Å². The van der Waals surface area contributed by atoms with Crippen LogP contribution < -0.4 is 4.72 Å². The van der Waals surface area contributed by atoms with Crippen LogP contribution in [0.1, 0.15) is 5.69 Å². The average Bonchev–Trinajstić information content (AvgIpc) is 2.30. The molecule has 80 valence electrons. The quantitative estimate of drug-likeness (QED) is 0.829. The average molecular weight is 235 g/mol. The number of rotatable bonds is 4. The van der Waals surface area contributed by atoms with Crippen molar-refractivity contribution in [1.82, 2.24) is 9.88 Å². The van der Waals surface area contributed by atoms with Gasteiger partial charge < -0.3 is 4.90 Å². The first kappa shape index (κ1) is 11.4. The van der Waals surface area contributed by atoms with Crippen molar-refractivity contribution in [3.63, 3.8) is 0 Å². The van der Waals surface area contributed by atoms with Gasteiger partial charge in [-0.05, 0) is 14.1 Å². The number of hydrogen-bond donors (Lipinski definition) is 1. The Hall–Kier alpha value is -0.660. The van der Waals surface area contributed by atoms with Gasteiger partial charge in [0.2, 0.25) is 10.0 Å². The third kappa shape index (κ3) is 4.03. The second-order valence-electron chi connectivity index (χ2n) is 3.26. The van der Waals surface area contributed by atoms with Gasteiger partial charge in [0, 0.05) is 11.9 Å². The molecule has 7 heteroatoms. The summed E-state index contributed by atoms with van der Waals surface area (Å²) >= 11 is 1.29. The van der Waals surface area contributed by atoms with Crippen LogP contribution in [0.3, 0.4) is 0 Å². The Morgan fingerprint density at radius 2 is 2.21 bits per heavy atom. The largest absolute Gasteiger partial charge is 0.304 e. The van der Waals surface area contributed by atoms with E-state index in [0.29, 0.717) is 11.7 Å². The standard InChI is InChI=1S/C7H13N3O2S2/c1-10(2)4-6-5-13-7(8-6)9-14(3,11)12/h5H,4H2,1-3H3,(H,8,9). The van der Waals surface area contributed by atoms with Crippen molar-refractivity contribution in [1.29, 1.82) is 0 Å². The van der Waals surface area contributed by atoms with Gasteiger partial charge in [-0.1, -0.05) is 0 Å². The molecule has 0 unspecified atom stereocenters. The number of nitrogens with zero attached hydrogens (tertiary/aromatic N) is 2. The molecule has 5 nitrogen and oxygen atoms in total. The Morgan fingerprint density at radius 3 is 2.71 bits per heavy atom. The SMILES string of the molecule is CN(C)Cc1csc(NS(C)(=O)=O)n1. The Balaban J connectivity index is 2.69. The maximum atomic E-state index is 10.9. The molecular formula is C7H13N3O2S2. The summed E-state index contributed by atoms with van der Waals surface area (Å²) in [5.74, 6) is 0. The molecule has 1 aromatic rings. The zero-order valence-corrected chi connectivity index (χ0v) is 9.94. The van der Waals surface area contributed by atoms with E-state index in [0.717, 1.165) is 11.9 Å². The molecule has 1 rings (SSSR count). The van der Waals surface area contributed by atoms with Gasteiger partial charge >= 0.3 is 0 Å². The van der Waals surface area contributed by atoms with Crippen molar-refractivity contribution in [3.8, 4) is 0 Å². The van der Waals surface area contributed by atoms with Crippen LogP contribution in [0.2, 0.25) is 0 Å². The second kappa shape index (κ2) is 4.24. The van der Waals surface area contributed by atoms with E-state index in [-0.39, 0.29) is 0 Å². The highest BCUT2D eigenvalue weighted by atomic mass is 32.2. The number of thiazole rings is 1. The van der Waals surface area contributed by atoms with E-state index >= 15 is 0 Å². The number of anilines is 1. The normalized spacial score (nSPS) is 12.0. The molecule has 0 aromatic carbocycles. The summed E-state index contributed by atoms with van der Waals surface area (Å²) in [5, 5.41) is 2.26. The van der Waals surface area contributed by atoms with E-state index in [2.05, 4.69) is 9.71 Å². The van der Waals surface area contributed by atoms with Crippen molar-refractivity contribution in [3.05, 3.63) is 11.1 Å². The van der Waals surface area contributed by atoms with Crippen molar-refractivity contribution < 1.29 is 8.42 Å². The monoisotopic (exact) mass is 235 g/mol. The number of hydrogen-bond acceptors (Lipinski definition) is 5. The van der Waals surface area contributed by atoms with Crippen LogP contribution in [0.4, 0.5) is 5.13 Å². The van der Waals surface area contributed by atoms with Crippen LogP contribution in [-0.4, -0.2) is 38.7 Å². The van der Waals surface area contributed by atoms with Gasteiger partial charge in [0.05, 0.1) is 11.9 Å². The van der Waals surface area contributed by atoms with Gasteiger partial charge in [0.15, 0.2) is 5.13 Å². The minimum Gasteiger partial charge on any atom is -0.304 e. The molecule has 0 spiro atoms. The van der Waals surface area contributed by atoms with Gasteiger partial charge in [0.1, 0.15) is 0 Å². The topological polar surface area (TPSA) is 62.3 Å². The van der Waals surface area contributed by atoms with E-state index in [9.17, 15) is 8.42 Å². The van der Waals surface area contributed by atoms with Gasteiger partial charge in [-0.3, -0.25) is 4.72 Å². The van der Waals surface area contributed by atoms with Crippen LogP contribution in [0.15, 0.2) is 5.38 Å². The fourth-order valence-corrected chi connectivity index (χ4v) is 2.46. The first-order valence-corrected chi connectivity index (χ1v) is 6.71. The molecule has 0 fully saturated rings. The predicted octanol–water partition coefficient (Wildman–Crippen LogP) is 0.576. The molecule has 0 aliphatic carbocycles. The number of sulfonamides is 1. The number of aromatic nitrogens is 1. The van der Waals surface area contributed by atoms with Crippen molar-refractivity contribution >= 4 is 26.5 Å². The Kier molecular flexibility index (Phi) is 3.46. The van der Waals surface area contributed by atoms with E-state index in [4.69, 9.17) is 0 Å². The van der Waals surface area contributed by atoms with Gasteiger partial charge in [-0.2, -0.15) is 0 Å². The summed E-state index contributed by atoms with van der Waals surface area (Å²) in [6.07, 6.45) is 1.11. The first-order valence-electron chi connectivity index (χ1n) is 3.94. The van der Waals surface area contributed by atoms with Gasteiger partial charge in [0.25, 0.3) is 0 Å². The molecule has 0 amide bonds. The lowest BCUT2D eigenvalue weighted by molar-refractivity contribution is 0.398. The Labute approximate surface area is 87.8 Å². The molecule has 1 aromatic heterocycles. The Morgan fingerprint density at radius 1 is 1.57 bits per heavy atom. The summed E-state index contributed by atoms with van der Waals surface area (Å²) in [4.78, 5) is 6.09. The third-order valence-electron chi connectivity index (χ3n) is 1.30. The molecule has 14 heavy (non-hydrogen) atoms. The van der Waals surface area contributed by atoms with Gasteiger partial charge in [-0.25, -0.2) is 13.4 Å². The van der Waals surface area contributed by atoms with E-state index < -0.39 is 10.0 Å². The lowest BCUT2D eigenvalue weighted by Gasteiger charge is -2.05. The highest BCUT2D eigenvalue weighted by Crippen LogP contribution is 2.16. The van der Waals surface area contributed by atoms with Crippen molar-refractivity contribution in [2.24, 2.45) is 0 Å². The summed E-state index contributed by atoms with van der Waals surface area (Å²) in [6.45, 7) is 0.710. The molecular weight excluding hydrogens is 222 g/mol. The van der Waals surface area contributed by atoms with E-state index in [1.165, 1.54) is 11.3 Å². The van der Waals surface area contributed by atoms with Crippen molar-refractivity contribution in [2.75, 3.05) is 25.1 Å². The predicted molar refractivity (Wildman–Crippen MR) is 58.0 cm³/mol. The zero-order valence-electron chi connectivity index (χ0n) is 8.31. The maximum Gasteiger partial charge on any atom is 0.231 e. The first-order chi connectivity index (χ1) is 6.37. The van der Waals surface area contributed by atoms with Crippen LogP contribution in [0, 0.1) is 0 Å². The maximum absolute atomic E-state index is 10.9. The summed E-state index contributed by atoms with van der Waals surface area (Å²) in [5.41, 5.74) is 0.867. The number of nitrogens with one attached hydrogen (secondary N) is 1. The highest BCUT2D eigenvalue weighted by Gasteiger charge is 2.06. The smallest absolute Gasteiger partial charge is 0.231 e. The third-order valence-corrected chi connectivity index (χ3v) is 2.80. The van der Waals surface area contributed by atoms with Crippen LogP contribution in [0.25, 0.3) is 0 Å². The minimum atomic E-state index is -3.21. The second-order valence-corrected chi connectivity index (χ2v) is 5.86. The van der Waals surface area contributed by atoms with Gasteiger partial charge in [-0.15, -0.1) is 11.3 Å². The van der Waals surface area contributed by atoms with E-state index in [1.54, 1.807) is 0 Å². The molecule has 0 aliphatic heterocycles. The molecule has 1 heterocycles. The van der Waals surface area contributed by atoms with Crippen molar-refractivity contribution in [2.45, 2.75) is 6.54 Å². The molecule has 1 N–H and O–H groups in total. The summed E-state index contributed by atoms with van der Waals surface area (Å²) in [6, 6.07) is 0. The van der Waals surface area contributed by atoms with Crippen LogP contribution in [0.5, 0.6) is 0 Å². The molecule has 0 aliphatic rings. The minimum absolute atomic E-state index is 0.421. The molecule has 0 saturated heterocycles. The summed E-state index contributed by atoms with van der Waals surface area (Å²) in [7, 11) is 0.659. The molecule has 0 atom stereocenters. The zero-order chi connectivity index (χ0) is 10.8. The van der Waals surface area contributed by atoms with E-state index in [1.807, 2.05) is 24.4 Å². The lowest BCUT2D eigenvalue weighted by atomic mass is 10.5. The fourth-order valence-electron chi connectivity index (χ4n) is 0.909. The summed E-state index contributed by atoms with van der Waals surface area (Å²) < 4.78 is 24.1. The molecule has 0 saturated carbocycles. The Bertz CT molecular complexity index is 397. The highest BCUT2D eigenvalue weighted by molar-refractivity contribution is 7.92. The lowest BCUT2D eigenvalue weighted by Crippen LogP contribution is -2.12. The fraction of sp³-hybridized carbons (Fsp3) is 0.571. The molecule has 0 bridgehead atoms. The van der Waals surface area contributed by atoms with Crippen LogP contribution >= 0.6 is 11.3 Å².